The van der Waals surface area contributed by atoms with E-state index in [0.29, 0.717) is 5.88 Å². The minimum atomic E-state index is 0.167. The minimum absolute atomic E-state index is 0.167. The maximum atomic E-state index is 6.23. The van der Waals surface area contributed by atoms with Gasteiger partial charge in [0.2, 0.25) is 0 Å². The largest absolute Gasteiger partial charge is 0.496 e. The van der Waals surface area contributed by atoms with Crippen LogP contribution in [0.4, 0.5) is 0 Å². The molecular formula is C18H21ClO2. The van der Waals surface area contributed by atoms with Crippen LogP contribution in [0.1, 0.15) is 28.2 Å². The number of ether oxygens (including phenoxy) is 2. The molecule has 0 aliphatic heterocycles. The highest BCUT2D eigenvalue weighted by atomic mass is 35.5. The molecule has 21 heavy (non-hydrogen) atoms. The van der Waals surface area contributed by atoms with Gasteiger partial charge < -0.3 is 9.47 Å². The standard InChI is InChI=1S/C18H21ClO2/c1-12-9-14(5-7-17(12)20-3)16(11-19)15-6-8-18(21-4)13(2)10-15/h5-10,16H,11H2,1-4H3. The lowest BCUT2D eigenvalue weighted by molar-refractivity contribution is 0.411. The summed E-state index contributed by atoms with van der Waals surface area (Å²) in [6, 6.07) is 12.5. The maximum Gasteiger partial charge on any atom is 0.121 e. The summed E-state index contributed by atoms with van der Waals surface area (Å²) in [7, 11) is 3.38. The number of halogens is 1. The molecule has 0 amide bonds. The van der Waals surface area contributed by atoms with Gasteiger partial charge in [-0.25, -0.2) is 0 Å². The second-order valence-electron chi connectivity index (χ2n) is 5.17. The molecule has 3 heteroatoms. The molecule has 2 rings (SSSR count). The molecule has 0 atom stereocenters. The van der Waals surface area contributed by atoms with Crippen molar-refractivity contribution < 1.29 is 9.47 Å². The highest BCUT2D eigenvalue weighted by molar-refractivity contribution is 6.18. The molecule has 0 aliphatic rings. The summed E-state index contributed by atoms with van der Waals surface area (Å²) < 4.78 is 10.6. The van der Waals surface area contributed by atoms with Crippen LogP contribution in [0.15, 0.2) is 36.4 Å². The van der Waals surface area contributed by atoms with Gasteiger partial charge in [0.1, 0.15) is 11.5 Å². The topological polar surface area (TPSA) is 18.5 Å². The Balaban J connectivity index is 2.39. The lowest BCUT2D eigenvalue weighted by Gasteiger charge is -2.18. The summed E-state index contributed by atoms with van der Waals surface area (Å²) in [6.45, 7) is 4.10. The third-order valence-electron chi connectivity index (χ3n) is 3.80. The van der Waals surface area contributed by atoms with Crippen molar-refractivity contribution in [1.29, 1.82) is 0 Å². The predicted molar refractivity (Wildman–Crippen MR) is 88.0 cm³/mol. The van der Waals surface area contributed by atoms with E-state index in [2.05, 4.69) is 24.3 Å². The van der Waals surface area contributed by atoms with Crippen LogP contribution in [-0.2, 0) is 0 Å². The highest BCUT2D eigenvalue weighted by Gasteiger charge is 2.15. The molecule has 0 radical (unpaired) electrons. The van der Waals surface area contributed by atoms with Crippen LogP contribution in [-0.4, -0.2) is 20.1 Å². The van der Waals surface area contributed by atoms with Crippen LogP contribution >= 0.6 is 11.6 Å². The van der Waals surface area contributed by atoms with Crippen molar-refractivity contribution in [2.45, 2.75) is 19.8 Å². The average molecular weight is 305 g/mol. The van der Waals surface area contributed by atoms with Gasteiger partial charge in [0, 0.05) is 11.8 Å². The Kier molecular flexibility index (Phi) is 5.13. The number of aryl methyl sites for hydroxylation is 2. The Bertz CT molecular complexity index is 569. The van der Waals surface area contributed by atoms with E-state index in [9.17, 15) is 0 Å². The molecule has 0 aliphatic carbocycles. The summed E-state index contributed by atoms with van der Waals surface area (Å²) in [5, 5.41) is 0. The fourth-order valence-corrected chi connectivity index (χ4v) is 2.96. The minimum Gasteiger partial charge on any atom is -0.496 e. The quantitative estimate of drug-likeness (QED) is 0.746. The van der Waals surface area contributed by atoms with Crippen molar-refractivity contribution in [1.82, 2.24) is 0 Å². The molecule has 0 saturated carbocycles. The molecule has 0 heterocycles. The van der Waals surface area contributed by atoms with E-state index in [1.165, 1.54) is 11.1 Å². The Morgan fingerprint density at radius 3 is 1.57 bits per heavy atom. The van der Waals surface area contributed by atoms with Crippen molar-refractivity contribution in [3.63, 3.8) is 0 Å². The first-order chi connectivity index (χ1) is 10.1. The van der Waals surface area contributed by atoms with Gasteiger partial charge in [0.15, 0.2) is 0 Å². The Morgan fingerprint density at radius 1 is 0.857 bits per heavy atom. The number of alkyl halides is 1. The molecule has 0 bridgehead atoms. The lowest BCUT2D eigenvalue weighted by atomic mass is 9.91. The monoisotopic (exact) mass is 304 g/mol. The van der Waals surface area contributed by atoms with E-state index in [-0.39, 0.29) is 5.92 Å². The first kappa shape index (κ1) is 15.7. The number of benzene rings is 2. The number of methoxy groups -OCH3 is 2. The fourth-order valence-electron chi connectivity index (χ4n) is 2.61. The number of hydrogen-bond donors (Lipinski definition) is 0. The fraction of sp³-hybridized carbons (Fsp3) is 0.333. The van der Waals surface area contributed by atoms with E-state index in [1.54, 1.807) is 14.2 Å². The van der Waals surface area contributed by atoms with Crippen LogP contribution in [0.5, 0.6) is 11.5 Å². The number of rotatable bonds is 5. The second kappa shape index (κ2) is 6.86. The van der Waals surface area contributed by atoms with E-state index in [4.69, 9.17) is 21.1 Å². The zero-order chi connectivity index (χ0) is 15.4. The molecule has 0 N–H and O–H groups in total. The first-order valence-corrected chi connectivity index (χ1v) is 7.49. The Morgan fingerprint density at radius 2 is 1.29 bits per heavy atom. The van der Waals surface area contributed by atoms with E-state index >= 15 is 0 Å². The highest BCUT2D eigenvalue weighted by Crippen LogP contribution is 2.31. The number of hydrogen-bond acceptors (Lipinski definition) is 2. The third kappa shape index (κ3) is 3.33. The van der Waals surface area contributed by atoms with Gasteiger partial charge in [-0.2, -0.15) is 0 Å². The van der Waals surface area contributed by atoms with Crippen molar-refractivity contribution >= 4 is 11.6 Å². The molecule has 0 fully saturated rings. The zero-order valence-electron chi connectivity index (χ0n) is 12.9. The van der Waals surface area contributed by atoms with Crippen LogP contribution in [0.3, 0.4) is 0 Å². The zero-order valence-corrected chi connectivity index (χ0v) is 13.7. The van der Waals surface area contributed by atoms with E-state index in [0.717, 1.165) is 22.6 Å². The van der Waals surface area contributed by atoms with Gasteiger partial charge in [-0.05, 0) is 48.2 Å². The van der Waals surface area contributed by atoms with Gasteiger partial charge in [0.25, 0.3) is 0 Å². The summed E-state index contributed by atoms with van der Waals surface area (Å²) in [4.78, 5) is 0. The predicted octanol–water partition coefficient (Wildman–Crippen LogP) is 4.69. The van der Waals surface area contributed by atoms with Crippen LogP contribution in [0.2, 0.25) is 0 Å². The van der Waals surface area contributed by atoms with Crippen molar-refractivity contribution in [2.75, 3.05) is 20.1 Å². The summed E-state index contributed by atoms with van der Waals surface area (Å²) in [5.41, 5.74) is 4.64. The van der Waals surface area contributed by atoms with Gasteiger partial charge in [-0.15, -0.1) is 11.6 Å². The van der Waals surface area contributed by atoms with E-state index in [1.807, 2.05) is 26.0 Å². The molecule has 112 valence electrons. The van der Waals surface area contributed by atoms with Crippen LogP contribution in [0, 0.1) is 13.8 Å². The van der Waals surface area contributed by atoms with E-state index < -0.39 is 0 Å². The molecule has 2 nitrogen and oxygen atoms in total. The first-order valence-electron chi connectivity index (χ1n) is 6.95. The summed E-state index contributed by atoms with van der Waals surface area (Å²) in [5.74, 6) is 2.51. The molecule has 0 aromatic heterocycles. The average Bonchev–Trinajstić information content (AvgIpc) is 2.48. The molecular weight excluding hydrogens is 284 g/mol. The van der Waals surface area contributed by atoms with Crippen molar-refractivity contribution in [2.24, 2.45) is 0 Å². The molecule has 0 unspecified atom stereocenters. The maximum absolute atomic E-state index is 6.23. The Hall–Kier alpha value is -1.67. The summed E-state index contributed by atoms with van der Waals surface area (Å²) >= 11 is 6.23. The second-order valence-corrected chi connectivity index (χ2v) is 5.47. The SMILES string of the molecule is COc1ccc(C(CCl)c2ccc(OC)c(C)c2)cc1C. The molecule has 2 aromatic rings. The molecule has 2 aromatic carbocycles. The van der Waals surface area contributed by atoms with Gasteiger partial charge in [-0.1, -0.05) is 24.3 Å². The van der Waals surface area contributed by atoms with Gasteiger partial charge in [-0.3, -0.25) is 0 Å². The third-order valence-corrected chi connectivity index (χ3v) is 4.11. The molecule has 0 saturated heterocycles. The lowest BCUT2D eigenvalue weighted by Crippen LogP contribution is -2.04. The van der Waals surface area contributed by atoms with Gasteiger partial charge in [0.05, 0.1) is 14.2 Å². The van der Waals surface area contributed by atoms with Crippen LogP contribution < -0.4 is 9.47 Å². The van der Waals surface area contributed by atoms with Crippen molar-refractivity contribution in [3.05, 3.63) is 58.7 Å². The van der Waals surface area contributed by atoms with Crippen LogP contribution in [0.25, 0.3) is 0 Å². The van der Waals surface area contributed by atoms with Gasteiger partial charge >= 0.3 is 0 Å². The normalized spacial score (nSPS) is 10.8. The summed E-state index contributed by atoms with van der Waals surface area (Å²) in [6.07, 6.45) is 0. The van der Waals surface area contributed by atoms with Crippen molar-refractivity contribution in [3.8, 4) is 11.5 Å². The molecule has 0 spiro atoms. The Labute approximate surface area is 131 Å². The smallest absolute Gasteiger partial charge is 0.121 e.